The van der Waals surface area contributed by atoms with Crippen LogP contribution in [0.1, 0.15) is 6.92 Å². The molecule has 2 aromatic heterocycles. The molecule has 0 bridgehead atoms. The van der Waals surface area contributed by atoms with E-state index in [1.54, 1.807) is 13.1 Å². The molecule has 0 saturated carbocycles. The number of hydrogen-bond donors (Lipinski definition) is 3. The molecule has 3 rings (SSSR count). The number of pyridine rings is 1. The van der Waals surface area contributed by atoms with Gasteiger partial charge in [-0.2, -0.15) is 0 Å². The smallest absolute Gasteiger partial charge is 0.240 e. The predicted molar refractivity (Wildman–Crippen MR) is 83.8 cm³/mol. The third-order valence-electron chi connectivity index (χ3n) is 3.34. The van der Waals surface area contributed by atoms with E-state index in [9.17, 15) is 4.79 Å². The van der Waals surface area contributed by atoms with Crippen LogP contribution >= 0.6 is 0 Å². The third-order valence-corrected chi connectivity index (χ3v) is 3.34. The average Bonchev–Trinajstić information content (AvgIpc) is 2.96. The van der Waals surface area contributed by atoms with Gasteiger partial charge in [0.15, 0.2) is 0 Å². The molecule has 5 nitrogen and oxygen atoms in total. The van der Waals surface area contributed by atoms with E-state index in [4.69, 9.17) is 5.73 Å². The van der Waals surface area contributed by atoms with E-state index in [0.717, 1.165) is 27.8 Å². The van der Waals surface area contributed by atoms with Gasteiger partial charge in [-0.3, -0.25) is 4.79 Å². The zero-order chi connectivity index (χ0) is 14.8. The number of aromatic nitrogens is 2. The van der Waals surface area contributed by atoms with Crippen LogP contribution in [0.3, 0.4) is 0 Å². The van der Waals surface area contributed by atoms with E-state index < -0.39 is 6.04 Å². The van der Waals surface area contributed by atoms with E-state index in [2.05, 4.69) is 15.3 Å². The first-order chi connectivity index (χ1) is 10.1. The highest BCUT2D eigenvalue weighted by atomic mass is 16.2. The van der Waals surface area contributed by atoms with E-state index in [0.29, 0.717) is 0 Å². The molecular formula is C16H16N4O. The summed E-state index contributed by atoms with van der Waals surface area (Å²) in [6.07, 6.45) is 3.65. The Hall–Kier alpha value is -2.66. The highest BCUT2D eigenvalue weighted by Gasteiger charge is 2.08. The molecule has 1 atom stereocenters. The first-order valence-corrected chi connectivity index (χ1v) is 6.74. The van der Waals surface area contributed by atoms with Crippen LogP contribution in [0, 0.1) is 0 Å². The Morgan fingerprint density at radius 3 is 2.71 bits per heavy atom. The molecule has 5 heteroatoms. The van der Waals surface area contributed by atoms with Crippen molar-refractivity contribution in [3.05, 3.63) is 48.8 Å². The molecule has 0 aliphatic rings. The number of nitrogens with zero attached hydrogens (tertiary/aromatic N) is 1. The predicted octanol–water partition coefficient (Wildman–Crippen LogP) is 2.52. The van der Waals surface area contributed by atoms with Crippen LogP contribution in [0.25, 0.3) is 22.2 Å². The summed E-state index contributed by atoms with van der Waals surface area (Å²) in [6, 6.07) is 11.1. The summed E-state index contributed by atoms with van der Waals surface area (Å²) in [5.74, 6) is -0.195. The lowest BCUT2D eigenvalue weighted by Gasteiger charge is -2.09. The van der Waals surface area contributed by atoms with Crippen LogP contribution in [0.15, 0.2) is 48.8 Å². The van der Waals surface area contributed by atoms with Gasteiger partial charge in [-0.1, -0.05) is 12.1 Å². The normalized spacial score (nSPS) is 12.3. The first-order valence-electron chi connectivity index (χ1n) is 6.74. The summed E-state index contributed by atoms with van der Waals surface area (Å²) in [5, 5.41) is 3.84. The van der Waals surface area contributed by atoms with E-state index in [-0.39, 0.29) is 5.91 Å². The number of benzene rings is 1. The first kappa shape index (κ1) is 13.3. The minimum Gasteiger partial charge on any atom is -0.346 e. The van der Waals surface area contributed by atoms with Gasteiger partial charge in [0.2, 0.25) is 5.91 Å². The van der Waals surface area contributed by atoms with E-state index in [1.807, 2.05) is 42.6 Å². The van der Waals surface area contributed by atoms with Crippen LogP contribution in [0.2, 0.25) is 0 Å². The molecule has 0 saturated heterocycles. The molecule has 21 heavy (non-hydrogen) atoms. The van der Waals surface area contributed by atoms with Gasteiger partial charge >= 0.3 is 0 Å². The zero-order valence-electron chi connectivity index (χ0n) is 11.6. The monoisotopic (exact) mass is 280 g/mol. The molecule has 0 aliphatic heterocycles. The summed E-state index contributed by atoms with van der Waals surface area (Å²) >= 11 is 0. The van der Waals surface area contributed by atoms with Crippen LogP contribution in [0.4, 0.5) is 5.69 Å². The van der Waals surface area contributed by atoms with Gasteiger partial charge in [0.1, 0.15) is 5.65 Å². The Morgan fingerprint density at radius 2 is 2.00 bits per heavy atom. The van der Waals surface area contributed by atoms with Crippen LogP contribution in [-0.2, 0) is 4.79 Å². The van der Waals surface area contributed by atoms with Crippen LogP contribution < -0.4 is 11.1 Å². The number of H-pyrrole nitrogens is 1. The minimum absolute atomic E-state index is 0.195. The Kier molecular flexibility index (Phi) is 3.41. The van der Waals surface area contributed by atoms with Crippen molar-refractivity contribution in [2.24, 2.45) is 5.73 Å². The van der Waals surface area contributed by atoms with E-state index >= 15 is 0 Å². The summed E-state index contributed by atoms with van der Waals surface area (Å²) in [5.41, 5.74) is 9.31. The largest absolute Gasteiger partial charge is 0.346 e. The van der Waals surface area contributed by atoms with Crippen molar-refractivity contribution in [2.45, 2.75) is 13.0 Å². The molecule has 1 aromatic carbocycles. The van der Waals surface area contributed by atoms with Gasteiger partial charge in [-0.25, -0.2) is 4.98 Å². The lowest BCUT2D eigenvalue weighted by molar-refractivity contribution is -0.117. The highest BCUT2D eigenvalue weighted by Crippen LogP contribution is 2.27. The summed E-state index contributed by atoms with van der Waals surface area (Å²) in [7, 11) is 0. The number of nitrogens with two attached hydrogens (primary N) is 1. The molecule has 0 radical (unpaired) electrons. The second kappa shape index (κ2) is 5.38. The maximum atomic E-state index is 11.6. The van der Waals surface area contributed by atoms with Gasteiger partial charge < -0.3 is 16.0 Å². The number of aromatic amines is 1. The summed E-state index contributed by atoms with van der Waals surface area (Å²) < 4.78 is 0. The van der Waals surface area contributed by atoms with Crippen molar-refractivity contribution in [3.8, 4) is 11.1 Å². The number of amides is 1. The lowest BCUT2D eigenvalue weighted by Crippen LogP contribution is -2.32. The molecule has 3 aromatic rings. The second-order valence-electron chi connectivity index (χ2n) is 4.95. The average molecular weight is 280 g/mol. The van der Waals surface area contributed by atoms with Gasteiger partial charge in [0.25, 0.3) is 0 Å². The van der Waals surface area contributed by atoms with Crippen LogP contribution in [-0.4, -0.2) is 21.9 Å². The lowest BCUT2D eigenvalue weighted by atomic mass is 10.0. The molecule has 0 fully saturated rings. The number of carbonyl (C=O) groups excluding carboxylic acids is 1. The molecule has 0 aliphatic carbocycles. The molecule has 0 unspecified atom stereocenters. The third kappa shape index (κ3) is 2.64. The molecule has 106 valence electrons. The Balaban J connectivity index is 1.91. The van der Waals surface area contributed by atoms with Crippen LogP contribution in [0.5, 0.6) is 0 Å². The van der Waals surface area contributed by atoms with Gasteiger partial charge in [-0.05, 0) is 42.3 Å². The number of fused-ring (bicyclic) bond motifs is 1. The Bertz CT molecular complexity index is 774. The van der Waals surface area contributed by atoms with E-state index in [1.165, 1.54) is 0 Å². The van der Waals surface area contributed by atoms with Crippen molar-refractivity contribution >= 4 is 22.6 Å². The van der Waals surface area contributed by atoms with Gasteiger partial charge in [-0.15, -0.1) is 0 Å². The molecule has 2 heterocycles. The quantitative estimate of drug-likeness (QED) is 0.689. The maximum Gasteiger partial charge on any atom is 0.240 e. The fourth-order valence-corrected chi connectivity index (χ4v) is 2.20. The topological polar surface area (TPSA) is 83.8 Å². The number of nitrogens with one attached hydrogen (secondary N) is 2. The van der Waals surface area contributed by atoms with Crippen molar-refractivity contribution in [1.29, 1.82) is 0 Å². The number of anilines is 1. The van der Waals surface area contributed by atoms with Crippen molar-refractivity contribution in [3.63, 3.8) is 0 Å². The zero-order valence-corrected chi connectivity index (χ0v) is 11.6. The second-order valence-corrected chi connectivity index (χ2v) is 4.95. The number of hydrogen-bond acceptors (Lipinski definition) is 3. The minimum atomic E-state index is -0.524. The SMILES string of the molecule is C[C@H](N)C(=O)Nc1ccc(-c2ccnc3[nH]ccc23)cc1. The molecule has 0 spiro atoms. The van der Waals surface area contributed by atoms with Crippen molar-refractivity contribution < 1.29 is 4.79 Å². The Morgan fingerprint density at radius 1 is 1.24 bits per heavy atom. The maximum absolute atomic E-state index is 11.6. The van der Waals surface area contributed by atoms with Crippen molar-refractivity contribution in [1.82, 2.24) is 9.97 Å². The molecule has 4 N–H and O–H groups in total. The van der Waals surface area contributed by atoms with Gasteiger partial charge in [0, 0.05) is 23.5 Å². The fraction of sp³-hybridized carbons (Fsp3) is 0.125. The number of rotatable bonds is 3. The summed E-state index contributed by atoms with van der Waals surface area (Å²) in [6.45, 7) is 1.66. The molecular weight excluding hydrogens is 264 g/mol. The fourth-order valence-electron chi connectivity index (χ4n) is 2.20. The Labute approximate surface area is 122 Å². The number of carbonyl (C=O) groups is 1. The standard InChI is InChI=1S/C16H16N4O/c1-10(17)16(21)20-12-4-2-11(3-5-12)13-6-8-18-15-14(13)7-9-19-15/h2-10H,17H2,1H3,(H,18,19)(H,20,21)/t10-/m0/s1. The van der Waals surface area contributed by atoms with Crippen molar-refractivity contribution in [2.75, 3.05) is 5.32 Å². The van der Waals surface area contributed by atoms with Gasteiger partial charge in [0.05, 0.1) is 6.04 Å². The summed E-state index contributed by atoms with van der Waals surface area (Å²) in [4.78, 5) is 18.9. The molecule has 1 amide bonds. The highest BCUT2D eigenvalue weighted by molar-refractivity contribution is 5.96.